The van der Waals surface area contributed by atoms with Crippen molar-refractivity contribution in [1.29, 1.82) is 0 Å². The molecule has 0 spiro atoms. The first-order chi connectivity index (χ1) is 10.9. The maximum atomic E-state index is 4.53. The molecule has 112 valence electrons. The normalized spacial score (nSPS) is 14.7. The van der Waals surface area contributed by atoms with Gasteiger partial charge in [-0.1, -0.05) is 42.4 Å². The van der Waals surface area contributed by atoms with E-state index in [-0.39, 0.29) is 0 Å². The average Bonchev–Trinajstić information content (AvgIpc) is 2.79. The van der Waals surface area contributed by atoms with Crippen molar-refractivity contribution in [3.63, 3.8) is 0 Å². The quantitative estimate of drug-likeness (QED) is 0.689. The molecule has 1 aromatic carbocycles. The molecule has 0 aliphatic carbocycles. The van der Waals surface area contributed by atoms with Crippen LogP contribution < -0.4 is 0 Å². The van der Waals surface area contributed by atoms with Crippen molar-refractivity contribution < 1.29 is 0 Å². The Morgan fingerprint density at radius 1 is 1.05 bits per heavy atom. The van der Waals surface area contributed by atoms with E-state index in [1.165, 1.54) is 30.2 Å². The molecule has 5 heteroatoms. The molecule has 1 aliphatic heterocycles. The molecule has 0 N–H and O–H groups in total. The van der Waals surface area contributed by atoms with E-state index in [1.807, 2.05) is 12.3 Å². The molecular formula is C17H18N4S. The Labute approximate surface area is 134 Å². The van der Waals surface area contributed by atoms with Crippen LogP contribution in [0, 0.1) is 0 Å². The van der Waals surface area contributed by atoms with Crippen LogP contribution in [-0.2, 0) is 18.7 Å². The fraction of sp³-hybridized carbons (Fsp3) is 0.353. The summed E-state index contributed by atoms with van der Waals surface area (Å²) in [5.41, 5.74) is 2.35. The van der Waals surface area contributed by atoms with Crippen molar-refractivity contribution in [3.05, 3.63) is 47.9 Å². The van der Waals surface area contributed by atoms with E-state index in [4.69, 9.17) is 0 Å². The van der Waals surface area contributed by atoms with Gasteiger partial charge in [-0.25, -0.2) is 0 Å². The zero-order chi connectivity index (χ0) is 14.8. The topological polar surface area (TPSA) is 43.6 Å². The lowest BCUT2D eigenvalue weighted by Crippen LogP contribution is -2.02. The number of hydrogen-bond donors (Lipinski definition) is 0. The minimum Gasteiger partial charge on any atom is -0.306 e. The summed E-state index contributed by atoms with van der Waals surface area (Å²) in [5.74, 6) is 2.03. The van der Waals surface area contributed by atoms with Crippen LogP contribution in [0.15, 0.2) is 41.7 Å². The molecule has 0 atom stereocenters. The maximum Gasteiger partial charge on any atom is 0.191 e. The number of nitrogens with zero attached hydrogens (tertiary/aromatic N) is 4. The highest BCUT2D eigenvalue weighted by molar-refractivity contribution is 7.98. The number of fused-ring (bicyclic) bond motifs is 2. The maximum absolute atomic E-state index is 4.53. The van der Waals surface area contributed by atoms with E-state index >= 15 is 0 Å². The summed E-state index contributed by atoms with van der Waals surface area (Å²) in [5, 5.41) is 11.0. The summed E-state index contributed by atoms with van der Waals surface area (Å²) in [7, 11) is 0. The van der Waals surface area contributed by atoms with E-state index in [9.17, 15) is 0 Å². The van der Waals surface area contributed by atoms with Gasteiger partial charge in [-0.3, -0.25) is 4.98 Å². The molecule has 3 heterocycles. The lowest BCUT2D eigenvalue weighted by Gasteiger charge is -2.07. The fourth-order valence-corrected chi connectivity index (χ4v) is 3.96. The molecule has 4 rings (SSSR count). The van der Waals surface area contributed by atoms with Gasteiger partial charge < -0.3 is 4.57 Å². The lowest BCUT2D eigenvalue weighted by molar-refractivity contribution is 0.591. The summed E-state index contributed by atoms with van der Waals surface area (Å²) in [6, 6.07) is 10.5. The van der Waals surface area contributed by atoms with Crippen LogP contribution >= 0.6 is 11.8 Å². The smallest absolute Gasteiger partial charge is 0.191 e. The summed E-state index contributed by atoms with van der Waals surface area (Å²) >= 11 is 1.77. The van der Waals surface area contributed by atoms with Crippen LogP contribution in [0.3, 0.4) is 0 Å². The monoisotopic (exact) mass is 310 g/mol. The Balaban J connectivity index is 1.59. The van der Waals surface area contributed by atoms with Crippen LogP contribution in [0.4, 0.5) is 0 Å². The molecule has 0 unspecified atom stereocenters. The molecule has 3 aromatic rings. The second-order valence-corrected chi connectivity index (χ2v) is 6.58. The number of para-hydroxylation sites is 1. The zero-order valence-electron chi connectivity index (χ0n) is 12.4. The van der Waals surface area contributed by atoms with Crippen molar-refractivity contribution in [2.45, 2.75) is 43.1 Å². The van der Waals surface area contributed by atoms with E-state index in [1.54, 1.807) is 11.8 Å². The molecule has 0 amide bonds. The fourth-order valence-electron chi connectivity index (χ4n) is 2.99. The summed E-state index contributed by atoms with van der Waals surface area (Å²) in [6.45, 7) is 1.05. The molecule has 1 aliphatic rings. The number of pyridine rings is 1. The third-order valence-electron chi connectivity index (χ3n) is 4.15. The van der Waals surface area contributed by atoms with Crippen LogP contribution in [0.1, 0.15) is 30.7 Å². The highest BCUT2D eigenvalue weighted by Gasteiger charge is 2.15. The molecule has 0 saturated heterocycles. The first-order valence-corrected chi connectivity index (χ1v) is 8.78. The van der Waals surface area contributed by atoms with Crippen LogP contribution in [0.2, 0.25) is 0 Å². The van der Waals surface area contributed by atoms with Gasteiger partial charge in [0.1, 0.15) is 5.82 Å². The van der Waals surface area contributed by atoms with Gasteiger partial charge in [0, 0.05) is 30.3 Å². The number of benzene rings is 1. The van der Waals surface area contributed by atoms with Crippen molar-refractivity contribution in [1.82, 2.24) is 19.7 Å². The lowest BCUT2D eigenvalue weighted by atomic mass is 10.1. The molecule has 4 nitrogen and oxygen atoms in total. The summed E-state index contributed by atoms with van der Waals surface area (Å²) < 4.78 is 2.30. The average molecular weight is 310 g/mol. The van der Waals surface area contributed by atoms with E-state index in [2.05, 4.69) is 44.0 Å². The minimum atomic E-state index is 0.881. The number of hydrogen-bond acceptors (Lipinski definition) is 4. The van der Waals surface area contributed by atoms with Gasteiger partial charge in [-0.05, 0) is 24.5 Å². The highest BCUT2D eigenvalue weighted by Crippen LogP contribution is 2.27. The van der Waals surface area contributed by atoms with Gasteiger partial charge >= 0.3 is 0 Å². The van der Waals surface area contributed by atoms with E-state index in [0.29, 0.717) is 0 Å². The summed E-state index contributed by atoms with van der Waals surface area (Å²) in [6.07, 6.45) is 6.67. The molecule has 0 saturated carbocycles. The number of thioether (sulfide) groups is 1. The van der Waals surface area contributed by atoms with Crippen molar-refractivity contribution >= 4 is 22.7 Å². The van der Waals surface area contributed by atoms with Crippen LogP contribution in [0.25, 0.3) is 10.9 Å². The number of aromatic nitrogens is 4. The Kier molecular flexibility index (Phi) is 3.81. The largest absolute Gasteiger partial charge is 0.306 e. The molecule has 2 aromatic heterocycles. The van der Waals surface area contributed by atoms with Crippen molar-refractivity contribution in [2.24, 2.45) is 0 Å². The highest BCUT2D eigenvalue weighted by atomic mass is 32.2. The van der Waals surface area contributed by atoms with Gasteiger partial charge in [0.2, 0.25) is 0 Å². The van der Waals surface area contributed by atoms with Gasteiger partial charge in [0.25, 0.3) is 0 Å². The third kappa shape index (κ3) is 2.61. The van der Waals surface area contributed by atoms with Crippen LogP contribution in [-0.4, -0.2) is 19.7 Å². The number of aryl methyl sites for hydroxylation is 1. The third-order valence-corrected chi connectivity index (χ3v) is 5.16. The van der Waals surface area contributed by atoms with Gasteiger partial charge in [0.05, 0.1) is 5.52 Å². The van der Waals surface area contributed by atoms with Gasteiger partial charge in [0.15, 0.2) is 5.16 Å². The summed E-state index contributed by atoms with van der Waals surface area (Å²) in [4.78, 5) is 4.53. The molecule has 0 radical (unpaired) electrons. The standard InChI is InChI=1S/C17H18N4S/c1-2-9-15-19-20-17(21(15)11-3-1)22-12-14-7-4-6-13-8-5-10-18-16(13)14/h4-8,10H,1-3,9,11-12H2. The molecular weight excluding hydrogens is 292 g/mol. The first kappa shape index (κ1) is 13.8. The van der Waals surface area contributed by atoms with Gasteiger partial charge in [-0.15, -0.1) is 10.2 Å². The SMILES string of the molecule is c1cnc2c(CSc3nnc4n3CCCCC4)cccc2c1. The van der Waals surface area contributed by atoms with E-state index in [0.717, 1.165) is 35.2 Å². The zero-order valence-corrected chi connectivity index (χ0v) is 13.2. The second kappa shape index (κ2) is 6.08. The number of rotatable bonds is 3. The predicted molar refractivity (Wildman–Crippen MR) is 88.9 cm³/mol. The van der Waals surface area contributed by atoms with Crippen molar-refractivity contribution in [3.8, 4) is 0 Å². The van der Waals surface area contributed by atoms with Crippen molar-refractivity contribution in [2.75, 3.05) is 0 Å². The molecule has 0 bridgehead atoms. The molecule has 0 fully saturated rings. The Morgan fingerprint density at radius 3 is 3.00 bits per heavy atom. The predicted octanol–water partition coefficient (Wildman–Crippen LogP) is 3.85. The molecule has 22 heavy (non-hydrogen) atoms. The van der Waals surface area contributed by atoms with E-state index < -0.39 is 0 Å². The first-order valence-electron chi connectivity index (χ1n) is 7.79. The Hall–Kier alpha value is -1.88. The Bertz CT molecular complexity index is 791. The minimum absolute atomic E-state index is 0.881. The second-order valence-electron chi connectivity index (χ2n) is 5.64. The Morgan fingerprint density at radius 2 is 2.00 bits per heavy atom. The van der Waals surface area contributed by atoms with Crippen LogP contribution in [0.5, 0.6) is 0 Å². The van der Waals surface area contributed by atoms with Gasteiger partial charge in [-0.2, -0.15) is 0 Å².